The van der Waals surface area contributed by atoms with Gasteiger partial charge in [-0.2, -0.15) is 5.26 Å². The Bertz CT molecular complexity index is 602. The van der Waals surface area contributed by atoms with Gasteiger partial charge in [0.2, 0.25) is 0 Å². The van der Waals surface area contributed by atoms with Crippen LogP contribution in [0, 0.1) is 11.3 Å². The fourth-order valence-corrected chi connectivity index (χ4v) is 1.89. The molecule has 1 amide bonds. The number of nitrogens with zero attached hydrogens (tertiary/aromatic N) is 1. The first kappa shape index (κ1) is 18.6. The Kier molecular flexibility index (Phi) is 6.22. The second-order valence-electron chi connectivity index (χ2n) is 5.81. The third-order valence-electron chi connectivity index (χ3n) is 2.81. The van der Waals surface area contributed by atoms with Crippen LogP contribution in [0.4, 0.5) is 10.5 Å². The SMILES string of the molecule is COc1cc(C(O)CC#N)cc(NC(=O)OC(C)(C)C)c1OC. The van der Waals surface area contributed by atoms with E-state index in [-0.39, 0.29) is 12.1 Å². The molecule has 0 aromatic heterocycles. The number of aliphatic hydroxyl groups excluding tert-OH is 1. The average molecular weight is 322 g/mol. The summed E-state index contributed by atoms with van der Waals surface area (Å²) in [5.74, 6) is 0.624. The lowest BCUT2D eigenvalue weighted by atomic mass is 10.1. The molecule has 23 heavy (non-hydrogen) atoms. The van der Waals surface area contributed by atoms with Gasteiger partial charge in [0.05, 0.1) is 38.5 Å². The van der Waals surface area contributed by atoms with Gasteiger partial charge in [0, 0.05) is 0 Å². The first-order valence-electron chi connectivity index (χ1n) is 7.02. The number of carbonyl (C=O) groups excluding carboxylic acids is 1. The van der Waals surface area contributed by atoms with Crippen LogP contribution >= 0.6 is 0 Å². The van der Waals surface area contributed by atoms with Crippen molar-refractivity contribution in [1.82, 2.24) is 0 Å². The monoisotopic (exact) mass is 322 g/mol. The maximum Gasteiger partial charge on any atom is 0.412 e. The number of carbonyl (C=O) groups is 1. The smallest absolute Gasteiger partial charge is 0.412 e. The van der Waals surface area contributed by atoms with Crippen LogP contribution < -0.4 is 14.8 Å². The Morgan fingerprint density at radius 2 is 2.00 bits per heavy atom. The van der Waals surface area contributed by atoms with E-state index < -0.39 is 17.8 Å². The zero-order chi connectivity index (χ0) is 17.6. The number of anilines is 1. The maximum absolute atomic E-state index is 12.0. The predicted molar refractivity (Wildman–Crippen MR) is 84.6 cm³/mol. The summed E-state index contributed by atoms with van der Waals surface area (Å²) >= 11 is 0. The third kappa shape index (κ3) is 5.34. The van der Waals surface area contributed by atoms with Crippen LogP contribution in [0.5, 0.6) is 11.5 Å². The summed E-state index contributed by atoms with van der Waals surface area (Å²) in [7, 11) is 2.87. The van der Waals surface area contributed by atoms with E-state index in [2.05, 4.69) is 5.32 Å². The molecule has 0 saturated carbocycles. The van der Waals surface area contributed by atoms with Crippen LogP contribution in [0.3, 0.4) is 0 Å². The zero-order valence-corrected chi connectivity index (χ0v) is 14.0. The second kappa shape index (κ2) is 7.70. The Hall–Kier alpha value is -2.46. The number of ether oxygens (including phenoxy) is 3. The zero-order valence-electron chi connectivity index (χ0n) is 14.0. The van der Waals surface area contributed by atoms with Crippen molar-refractivity contribution in [3.63, 3.8) is 0 Å². The number of hydrogen-bond donors (Lipinski definition) is 2. The molecule has 0 saturated heterocycles. The van der Waals surface area contributed by atoms with E-state index in [9.17, 15) is 9.90 Å². The number of aliphatic hydroxyl groups is 1. The molecule has 126 valence electrons. The Balaban J connectivity index is 3.19. The van der Waals surface area contributed by atoms with Gasteiger partial charge in [-0.05, 0) is 38.5 Å². The summed E-state index contributed by atoms with van der Waals surface area (Å²) in [5, 5.41) is 21.3. The Morgan fingerprint density at radius 3 is 2.48 bits per heavy atom. The summed E-state index contributed by atoms with van der Waals surface area (Å²) in [5.41, 5.74) is 0.0580. The highest BCUT2D eigenvalue weighted by Gasteiger charge is 2.21. The van der Waals surface area contributed by atoms with Gasteiger partial charge in [-0.1, -0.05) is 0 Å². The van der Waals surface area contributed by atoms with Gasteiger partial charge in [-0.15, -0.1) is 0 Å². The normalized spacial score (nSPS) is 12.0. The van der Waals surface area contributed by atoms with E-state index >= 15 is 0 Å². The molecule has 1 unspecified atom stereocenters. The van der Waals surface area contributed by atoms with Crippen molar-refractivity contribution < 1.29 is 24.1 Å². The standard InChI is InChI=1S/C16H22N2O5/c1-16(2,3)23-15(20)18-11-8-10(12(19)6-7-17)9-13(21-4)14(11)22-5/h8-9,12,19H,6H2,1-5H3,(H,18,20). The van der Waals surface area contributed by atoms with Crippen molar-refractivity contribution >= 4 is 11.8 Å². The molecule has 1 atom stereocenters. The molecule has 0 aliphatic rings. The van der Waals surface area contributed by atoms with Crippen molar-refractivity contribution in [2.24, 2.45) is 0 Å². The molecule has 0 radical (unpaired) electrons. The molecule has 7 nitrogen and oxygen atoms in total. The largest absolute Gasteiger partial charge is 0.493 e. The number of nitriles is 1. The summed E-state index contributed by atoms with van der Waals surface area (Å²) in [4.78, 5) is 12.0. The van der Waals surface area contributed by atoms with Crippen LogP contribution in [0.25, 0.3) is 0 Å². The molecule has 0 aliphatic heterocycles. The number of hydrogen-bond acceptors (Lipinski definition) is 6. The molecule has 0 fully saturated rings. The molecule has 0 aliphatic carbocycles. The number of rotatable bonds is 5. The predicted octanol–water partition coefficient (Wildman–Crippen LogP) is 3.00. The van der Waals surface area contributed by atoms with E-state index in [1.54, 1.807) is 26.8 Å². The fourth-order valence-electron chi connectivity index (χ4n) is 1.89. The molecular formula is C16H22N2O5. The van der Waals surface area contributed by atoms with E-state index in [4.69, 9.17) is 19.5 Å². The lowest BCUT2D eigenvalue weighted by Gasteiger charge is -2.21. The highest BCUT2D eigenvalue weighted by Crippen LogP contribution is 2.38. The molecule has 1 aromatic rings. The van der Waals surface area contributed by atoms with Crippen LogP contribution in [-0.4, -0.2) is 31.0 Å². The Labute approximate surface area is 135 Å². The maximum atomic E-state index is 12.0. The molecule has 2 N–H and O–H groups in total. The molecular weight excluding hydrogens is 300 g/mol. The fraction of sp³-hybridized carbons (Fsp3) is 0.500. The van der Waals surface area contributed by atoms with E-state index in [0.29, 0.717) is 17.1 Å². The highest BCUT2D eigenvalue weighted by atomic mass is 16.6. The second-order valence-corrected chi connectivity index (χ2v) is 5.81. The van der Waals surface area contributed by atoms with Gasteiger partial charge in [0.25, 0.3) is 0 Å². The van der Waals surface area contributed by atoms with Gasteiger partial charge in [0.15, 0.2) is 11.5 Å². The highest BCUT2D eigenvalue weighted by molar-refractivity contribution is 5.88. The van der Waals surface area contributed by atoms with Gasteiger partial charge >= 0.3 is 6.09 Å². The van der Waals surface area contributed by atoms with Crippen molar-refractivity contribution in [3.05, 3.63) is 17.7 Å². The van der Waals surface area contributed by atoms with Crippen LogP contribution in [0.1, 0.15) is 38.9 Å². The number of methoxy groups -OCH3 is 2. The van der Waals surface area contributed by atoms with Gasteiger partial charge in [-0.3, -0.25) is 5.32 Å². The average Bonchev–Trinajstić information content (AvgIpc) is 2.44. The summed E-state index contributed by atoms with van der Waals surface area (Å²) in [6, 6.07) is 4.97. The lowest BCUT2D eigenvalue weighted by Crippen LogP contribution is -2.27. The molecule has 7 heteroatoms. The van der Waals surface area contributed by atoms with Gasteiger partial charge in [0.1, 0.15) is 5.60 Å². The van der Waals surface area contributed by atoms with Crippen molar-refractivity contribution in [1.29, 1.82) is 5.26 Å². The van der Waals surface area contributed by atoms with Crippen LogP contribution in [-0.2, 0) is 4.74 Å². The number of amides is 1. The first-order valence-corrected chi connectivity index (χ1v) is 7.02. The molecule has 1 aromatic carbocycles. The number of benzene rings is 1. The first-order chi connectivity index (χ1) is 10.7. The molecule has 1 rings (SSSR count). The van der Waals surface area contributed by atoms with Crippen molar-refractivity contribution in [2.75, 3.05) is 19.5 Å². The van der Waals surface area contributed by atoms with Gasteiger partial charge in [-0.25, -0.2) is 4.79 Å². The summed E-state index contributed by atoms with van der Waals surface area (Å²) in [6.07, 6.45) is -1.75. The van der Waals surface area contributed by atoms with Gasteiger partial charge < -0.3 is 19.3 Å². The molecule has 0 bridgehead atoms. The van der Waals surface area contributed by atoms with E-state index in [1.807, 2.05) is 6.07 Å². The lowest BCUT2D eigenvalue weighted by molar-refractivity contribution is 0.0635. The van der Waals surface area contributed by atoms with Crippen LogP contribution in [0.15, 0.2) is 12.1 Å². The molecule has 0 spiro atoms. The van der Waals surface area contributed by atoms with E-state index in [0.717, 1.165) is 0 Å². The third-order valence-corrected chi connectivity index (χ3v) is 2.81. The van der Waals surface area contributed by atoms with Crippen LogP contribution in [0.2, 0.25) is 0 Å². The van der Waals surface area contributed by atoms with Crippen molar-refractivity contribution in [3.8, 4) is 17.6 Å². The minimum Gasteiger partial charge on any atom is -0.493 e. The summed E-state index contributed by atoms with van der Waals surface area (Å²) in [6.45, 7) is 5.24. The Morgan fingerprint density at radius 1 is 1.35 bits per heavy atom. The summed E-state index contributed by atoms with van der Waals surface area (Å²) < 4.78 is 15.7. The van der Waals surface area contributed by atoms with Crippen molar-refractivity contribution in [2.45, 2.75) is 38.9 Å². The minimum absolute atomic E-state index is 0.0820. The minimum atomic E-state index is -1.00. The molecule has 0 heterocycles. The quantitative estimate of drug-likeness (QED) is 0.864. The van der Waals surface area contributed by atoms with E-state index in [1.165, 1.54) is 20.3 Å². The number of nitrogens with one attached hydrogen (secondary N) is 1. The topological polar surface area (TPSA) is 101 Å².